The van der Waals surface area contributed by atoms with Gasteiger partial charge in [0, 0.05) is 12.8 Å². The summed E-state index contributed by atoms with van der Waals surface area (Å²) >= 11 is 0. The molecular weight excluding hydrogens is 248 g/mol. The van der Waals surface area contributed by atoms with E-state index in [1.54, 1.807) is 7.11 Å². The molecule has 0 saturated heterocycles. The highest BCUT2D eigenvalue weighted by Crippen LogP contribution is 2.33. The zero-order valence-corrected chi connectivity index (χ0v) is 11.8. The summed E-state index contributed by atoms with van der Waals surface area (Å²) in [6.45, 7) is 0. The van der Waals surface area contributed by atoms with E-state index in [0.29, 0.717) is 0 Å². The molecule has 1 aliphatic rings. The van der Waals surface area contributed by atoms with Gasteiger partial charge in [0.05, 0.1) is 12.7 Å². The SMILES string of the molecule is COc1ccc(CCC2(O)Cc3ccccc3C2)cc1. The number of hydrogen-bond donors (Lipinski definition) is 1. The van der Waals surface area contributed by atoms with Crippen molar-refractivity contribution >= 4 is 0 Å². The summed E-state index contributed by atoms with van der Waals surface area (Å²) in [5.74, 6) is 0.876. The minimum atomic E-state index is -0.580. The summed E-state index contributed by atoms with van der Waals surface area (Å²) in [5.41, 5.74) is 3.26. The van der Waals surface area contributed by atoms with E-state index >= 15 is 0 Å². The lowest BCUT2D eigenvalue weighted by Crippen LogP contribution is -2.29. The third-order valence-corrected chi connectivity index (χ3v) is 4.20. The Hall–Kier alpha value is -1.80. The third-order valence-electron chi connectivity index (χ3n) is 4.20. The average Bonchev–Trinajstić information content (AvgIpc) is 2.82. The maximum atomic E-state index is 10.8. The van der Waals surface area contributed by atoms with Gasteiger partial charge < -0.3 is 9.84 Å². The predicted molar refractivity (Wildman–Crippen MR) is 80.1 cm³/mol. The Balaban J connectivity index is 1.64. The van der Waals surface area contributed by atoms with E-state index < -0.39 is 5.60 Å². The summed E-state index contributed by atoms with van der Waals surface area (Å²) in [6.07, 6.45) is 3.25. The van der Waals surface area contributed by atoms with Crippen molar-refractivity contribution in [3.05, 3.63) is 65.2 Å². The van der Waals surface area contributed by atoms with Crippen LogP contribution >= 0.6 is 0 Å². The van der Waals surface area contributed by atoms with E-state index in [0.717, 1.165) is 31.4 Å². The molecule has 0 amide bonds. The van der Waals surface area contributed by atoms with Crippen molar-refractivity contribution in [2.75, 3.05) is 7.11 Å². The first kappa shape index (κ1) is 13.2. The molecule has 2 nitrogen and oxygen atoms in total. The van der Waals surface area contributed by atoms with Crippen LogP contribution in [-0.2, 0) is 19.3 Å². The van der Waals surface area contributed by atoms with E-state index in [4.69, 9.17) is 4.74 Å². The van der Waals surface area contributed by atoms with Crippen LogP contribution in [0.15, 0.2) is 48.5 Å². The van der Waals surface area contributed by atoms with Gasteiger partial charge in [0.15, 0.2) is 0 Å². The van der Waals surface area contributed by atoms with Crippen molar-refractivity contribution < 1.29 is 9.84 Å². The molecule has 20 heavy (non-hydrogen) atoms. The zero-order chi connectivity index (χ0) is 14.0. The number of hydrogen-bond acceptors (Lipinski definition) is 2. The summed E-state index contributed by atoms with van der Waals surface area (Å²) in [4.78, 5) is 0. The molecule has 0 atom stereocenters. The Labute approximate surface area is 120 Å². The van der Waals surface area contributed by atoms with Gasteiger partial charge in [-0.3, -0.25) is 0 Å². The van der Waals surface area contributed by atoms with Crippen molar-refractivity contribution in [3.63, 3.8) is 0 Å². The Morgan fingerprint density at radius 2 is 1.60 bits per heavy atom. The van der Waals surface area contributed by atoms with Gasteiger partial charge in [-0.2, -0.15) is 0 Å². The second-order valence-electron chi connectivity index (χ2n) is 5.69. The molecule has 0 radical (unpaired) electrons. The van der Waals surface area contributed by atoms with Crippen LogP contribution < -0.4 is 4.74 Å². The summed E-state index contributed by atoms with van der Waals surface area (Å²) in [5, 5.41) is 10.8. The summed E-state index contributed by atoms with van der Waals surface area (Å²) < 4.78 is 5.16. The minimum Gasteiger partial charge on any atom is -0.497 e. The molecule has 0 spiro atoms. The van der Waals surface area contributed by atoms with Crippen molar-refractivity contribution in [1.82, 2.24) is 0 Å². The molecule has 0 fully saturated rings. The maximum Gasteiger partial charge on any atom is 0.118 e. The van der Waals surface area contributed by atoms with Crippen molar-refractivity contribution in [3.8, 4) is 5.75 Å². The van der Waals surface area contributed by atoms with Crippen LogP contribution in [-0.4, -0.2) is 17.8 Å². The number of aryl methyl sites for hydroxylation is 1. The van der Waals surface area contributed by atoms with Crippen molar-refractivity contribution in [2.24, 2.45) is 0 Å². The highest BCUT2D eigenvalue weighted by Gasteiger charge is 2.34. The van der Waals surface area contributed by atoms with Crippen LogP contribution in [0.3, 0.4) is 0 Å². The largest absolute Gasteiger partial charge is 0.497 e. The van der Waals surface area contributed by atoms with Crippen LogP contribution in [0.4, 0.5) is 0 Å². The van der Waals surface area contributed by atoms with E-state index in [9.17, 15) is 5.11 Å². The van der Waals surface area contributed by atoms with Gasteiger partial charge in [-0.15, -0.1) is 0 Å². The first-order valence-corrected chi connectivity index (χ1v) is 7.11. The summed E-state index contributed by atoms with van der Waals surface area (Å²) in [7, 11) is 1.67. The highest BCUT2D eigenvalue weighted by atomic mass is 16.5. The molecule has 0 unspecified atom stereocenters. The topological polar surface area (TPSA) is 29.5 Å². The van der Waals surface area contributed by atoms with Gasteiger partial charge in [0.2, 0.25) is 0 Å². The fourth-order valence-electron chi connectivity index (χ4n) is 3.02. The number of benzene rings is 2. The highest BCUT2D eigenvalue weighted by molar-refractivity contribution is 5.35. The molecule has 3 rings (SSSR count). The maximum absolute atomic E-state index is 10.8. The first-order chi connectivity index (χ1) is 9.68. The van der Waals surface area contributed by atoms with Crippen LogP contribution in [0.5, 0.6) is 5.75 Å². The van der Waals surface area contributed by atoms with E-state index in [-0.39, 0.29) is 0 Å². The smallest absolute Gasteiger partial charge is 0.118 e. The number of rotatable bonds is 4. The van der Waals surface area contributed by atoms with E-state index in [1.165, 1.54) is 16.7 Å². The number of ether oxygens (including phenoxy) is 1. The van der Waals surface area contributed by atoms with Gasteiger partial charge in [-0.1, -0.05) is 36.4 Å². The molecule has 2 heteroatoms. The number of fused-ring (bicyclic) bond motifs is 1. The standard InChI is InChI=1S/C18H20O2/c1-20-17-8-6-14(7-9-17)10-11-18(19)12-15-4-2-3-5-16(15)13-18/h2-9,19H,10-13H2,1H3. The number of aliphatic hydroxyl groups is 1. The Kier molecular flexibility index (Phi) is 3.49. The average molecular weight is 268 g/mol. The van der Waals surface area contributed by atoms with Gasteiger partial charge >= 0.3 is 0 Å². The minimum absolute atomic E-state index is 0.580. The molecule has 0 heterocycles. The lowest BCUT2D eigenvalue weighted by molar-refractivity contribution is 0.0427. The third kappa shape index (κ3) is 2.70. The molecule has 2 aromatic rings. The van der Waals surface area contributed by atoms with Gasteiger partial charge in [-0.05, 0) is 41.7 Å². The monoisotopic (exact) mass is 268 g/mol. The Bertz CT molecular complexity index is 562. The lowest BCUT2D eigenvalue weighted by atomic mass is 9.92. The predicted octanol–water partition coefficient (Wildman–Crippen LogP) is 3.16. The normalized spacial score (nSPS) is 15.9. The van der Waals surface area contributed by atoms with E-state index in [1.807, 2.05) is 24.3 Å². The van der Waals surface area contributed by atoms with Crippen molar-refractivity contribution in [2.45, 2.75) is 31.3 Å². The van der Waals surface area contributed by atoms with Crippen LogP contribution in [0.1, 0.15) is 23.1 Å². The van der Waals surface area contributed by atoms with Crippen LogP contribution in [0, 0.1) is 0 Å². The summed E-state index contributed by atoms with van der Waals surface area (Å²) in [6, 6.07) is 16.4. The number of methoxy groups -OCH3 is 1. The fraction of sp³-hybridized carbons (Fsp3) is 0.333. The fourth-order valence-corrected chi connectivity index (χ4v) is 3.02. The molecule has 0 aliphatic heterocycles. The van der Waals surface area contributed by atoms with E-state index in [2.05, 4.69) is 24.3 Å². The van der Waals surface area contributed by atoms with Gasteiger partial charge in [0.25, 0.3) is 0 Å². The van der Waals surface area contributed by atoms with Crippen molar-refractivity contribution in [1.29, 1.82) is 0 Å². The quantitative estimate of drug-likeness (QED) is 0.923. The molecule has 0 bridgehead atoms. The van der Waals surface area contributed by atoms with Gasteiger partial charge in [-0.25, -0.2) is 0 Å². The molecule has 1 aliphatic carbocycles. The Morgan fingerprint density at radius 1 is 1.00 bits per heavy atom. The second-order valence-corrected chi connectivity index (χ2v) is 5.69. The molecule has 0 aromatic heterocycles. The molecule has 104 valence electrons. The second kappa shape index (κ2) is 5.29. The first-order valence-electron chi connectivity index (χ1n) is 7.11. The molecule has 2 aromatic carbocycles. The lowest BCUT2D eigenvalue weighted by Gasteiger charge is -2.22. The van der Waals surface area contributed by atoms with Crippen LogP contribution in [0.2, 0.25) is 0 Å². The molecule has 1 N–H and O–H groups in total. The van der Waals surface area contributed by atoms with Crippen LogP contribution in [0.25, 0.3) is 0 Å². The molecular formula is C18H20O2. The van der Waals surface area contributed by atoms with Gasteiger partial charge in [0.1, 0.15) is 5.75 Å². The Morgan fingerprint density at radius 3 is 2.15 bits per heavy atom. The zero-order valence-electron chi connectivity index (χ0n) is 11.8. The molecule has 0 saturated carbocycles.